The molecule has 2 aliphatic rings. The van der Waals surface area contributed by atoms with Gasteiger partial charge in [-0.15, -0.1) is 0 Å². The predicted octanol–water partition coefficient (Wildman–Crippen LogP) is 11.8. The van der Waals surface area contributed by atoms with Crippen molar-refractivity contribution in [1.29, 1.82) is 5.26 Å². The van der Waals surface area contributed by atoms with Crippen molar-refractivity contribution in [3.8, 4) is 62.2 Å². The van der Waals surface area contributed by atoms with Crippen molar-refractivity contribution in [2.24, 2.45) is 0 Å². The van der Waals surface area contributed by atoms with Crippen LogP contribution >= 0.6 is 11.8 Å². The van der Waals surface area contributed by atoms with E-state index < -0.39 is 5.41 Å². The Labute approximate surface area is 307 Å². The second kappa shape index (κ2) is 12.1. The summed E-state index contributed by atoms with van der Waals surface area (Å²) in [7, 11) is 0. The molecule has 0 atom stereocenters. The summed E-state index contributed by atoms with van der Waals surface area (Å²) in [4.78, 5) is 12.7. The summed E-state index contributed by atoms with van der Waals surface area (Å²) in [5.74, 6) is 0.696. The van der Waals surface area contributed by atoms with Gasteiger partial charge in [-0.1, -0.05) is 151 Å². The third-order valence-corrected chi connectivity index (χ3v) is 11.6. The molecule has 1 aliphatic carbocycles. The van der Waals surface area contributed by atoms with Crippen LogP contribution in [0.1, 0.15) is 27.8 Å². The number of rotatable bonds is 4. The van der Waals surface area contributed by atoms with Crippen molar-refractivity contribution < 1.29 is 0 Å². The summed E-state index contributed by atoms with van der Waals surface area (Å²) in [6.45, 7) is 0. The molecule has 242 valence electrons. The van der Waals surface area contributed by atoms with Crippen molar-refractivity contribution in [1.82, 2.24) is 9.97 Å². The Morgan fingerprint density at radius 3 is 1.56 bits per heavy atom. The Balaban J connectivity index is 1.25. The van der Waals surface area contributed by atoms with Gasteiger partial charge in [-0.05, 0) is 80.9 Å². The summed E-state index contributed by atoms with van der Waals surface area (Å²) >= 11 is 1.81. The van der Waals surface area contributed by atoms with Crippen LogP contribution in [-0.4, -0.2) is 9.97 Å². The van der Waals surface area contributed by atoms with Crippen LogP contribution in [0.3, 0.4) is 0 Å². The molecule has 0 amide bonds. The van der Waals surface area contributed by atoms with Gasteiger partial charge < -0.3 is 0 Å². The highest BCUT2D eigenvalue weighted by atomic mass is 32.2. The maximum atomic E-state index is 10.1. The molecule has 0 radical (unpaired) electrons. The smallest absolute Gasteiger partial charge is 0.160 e. The van der Waals surface area contributed by atoms with Gasteiger partial charge in [-0.2, -0.15) is 5.26 Å². The lowest BCUT2D eigenvalue weighted by Crippen LogP contribution is -2.32. The maximum absolute atomic E-state index is 10.1. The summed E-state index contributed by atoms with van der Waals surface area (Å²) in [5.41, 5.74) is 14.3. The van der Waals surface area contributed by atoms with E-state index in [0.717, 1.165) is 39.2 Å². The number of hydrogen-bond acceptors (Lipinski definition) is 4. The molecular formula is C48H29N3S. The minimum Gasteiger partial charge on any atom is -0.228 e. The lowest BCUT2D eigenvalue weighted by atomic mass is 9.66. The van der Waals surface area contributed by atoms with Crippen molar-refractivity contribution in [2.75, 3.05) is 0 Å². The summed E-state index contributed by atoms with van der Waals surface area (Å²) in [6, 6.07) is 64.3. The van der Waals surface area contributed by atoms with Crippen molar-refractivity contribution in [3.63, 3.8) is 0 Å². The Bertz CT molecular complexity index is 2630. The van der Waals surface area contributed by atoms with Crippen LogP contribution in [0, 0.1) is 11.3 Å². The zero-order valence-corrected chi connectivity index (χ0v) is 28.8. The van der Waals surface area contributed by atoms with Gasteiger partial charge in [0.15, 0.2) is 5.82 Å². The first-order valence-corrected chi connectivity index (χ1v) is 18.2. The molecule has 1 aromatic heterocycles. The molecule has 0 unspecified atom stereocenters. The van der Waals surface area contributed by atoms with E-state index in [9.17, 15) is 5.26 Å². The molecule has 4 heteroatoms. The molecule has 2 heterocycles. The normalized spacial score (nSPS) is 13.1. The van der Waals surface area contributed by atoms with E-state index >= 15 is 0 Å². The molecule has 0 fully saturated rings. The number of fused-ring (bicyclic) bond motifs is 9. The third-order valence-electron chi connectivity index (χ3n) is 10.4. The summed E-state index contributed by atoms with van der Waals surface area (Å²) in [6.07, 6.45) is 0. The molecular weight excluding hydrogens is 651 g/mol. The lowest BCUT2D eigenvalue weighted by molar-refractivity contribution is 0.723. The van der Waals surface area contributed by atoms with E-state index in [1.807, 2.05) is 54.2 Å². The van der Waals surface area contributed by atoms with E-state index in [2.05, 4.69) is 140 Å². The highest BCUT2D eigenvalue weighted by Gasteiger charge is 2.50. The first kappa shape index (κ1) is 30.3. The minimum absolute atomic E-state index is 0.589. The Kier molecular flexibility index (Phi) is 7.02. The van der Waals surface area contributed by atoms with E-state index in [4.69, 9.17) is 9.97 Å². The number of nitriles is 1. The average molecular weight is 680 g/mol. The van der Waals surface area contributed by atoms with Gasteiger partial charge in [0.05, 0.1) is 28.4 Å². The quantitative estimate of drug-likeness (QED) is 0.186. The molecule has 0 bridgehead atoms. The zero-order chi connectivity index (χ0) is 34.6. The molecule has 1 spiro atoms. The molecule has 0 N–H and O–H groups in total. The molecule has 10 rings (SSSR count). The van der Waals surface area contributed by atoms with Gasteiger partial charge in [0.1, 0.15) is 0 Å². The van der Waals surface area contributed by atoms with E-state index in [-0.39, 0.29) is 0 Å². The van der Waals surface area contributed by atoms with Gasteiger partial charge in [-0.3, -0.25) is 0 Å². The number of aromatic nitrogens is 2. The van der Waals surface area contributed by atoms with E-state index in [0.29, 0.717) is 11.4 Å². The average Bonchev–Trinajstić information content (AvgIpc) is 3.52. The van der Waals surface area contributed by atoms with E-state index in [1.54, 1.807) is 0 Å². The largest absolute Gasteiger partial charge is 0.228 e. The zero-order valence-electron chi connectivity index (χ0n) is 28.0. The maximum Gasteiger partial charge on any atom is 0.160 e. The van der Waals surface area contributed by atoms with Crippen LogP contribution in [-0.2, 0) is 5.41 Å². The van der Waals surface area contributed by atoms with Crippen LogP contribution < -0.4 is 0 Å². The lowest BCUT2D eigenvalue weighted by Gasteiger charge is -2.40. The van der Waals surface area contributed by atoms with Crippen LogP contribution in [0.15, 0.2) is 186 Å². The van der Waals surface area contributed by atoms with Crippen molar-refractivity contribution in [3.05, 3.63) is 204 Å². The number of nitrogens with zero attached hydrogens (tertiary/aromatic N) is 3. The third kappa shape index (κ3) is 4.60. The van der Waals surface area contributed by atoms with Gasteiger partial charge in [-0.25, -0.2) is 9.97 Å². The molecule has 7 aromatic carbocycles. The van der Waals surface area contributed by atoms with E-state index in [1.165, 1.54) is 43.2 Å². The van der Waals surface area contributed by atoms with Crippen LogP contribution in [0.25, 0.3) is 56.2 Å². The first-order chi connectivity index (χ1) is 25.7. The van der Waals surface area contributed by atoms with Crippen LogP contribution in [0.4, 0.5) is 0 Å². The fraction of sp³-hybridized carbons (Fsp3) is 0.0208. The Morgan fingerprint density at radius 1 is 0.423 bits per heavy atom. The molecule has 0 saturated carbocycles. The van der Waals surface area contributed by atoms with Gasteiger partial charge >= 0.3 is 0 Å². The van der Waals surface area contributed by atoms with Gasteiger partial charge in [0, 0.05) is 26.5 Å². The predicted molar refractivity (Wildman–Crippen MR) is 210 cm³/mol. The fourth-order valence-corrected chi connectivity index (χ4v) is 9.28. The molecule has 3 nitrogen and oxygen atoms in total. The molecule has 1 aliphatic heterocycles. The first-order valence-electron chi connectivity index (χ1n) is 17.4. The monoisotopic (exact) mass is 679 g/mol. The Morgan fingerprint density at radius 2 is 0.923 bits per heavy atom. The summed E-state index contributed by atoms with van der Waals surface area (Å²) in [5, 5.41) is 10.1. The van der Waals surface area contributed by atoms with Gasteiger partial charge in [0.25, 0.3) is 0 Å². The van der Waals surface area contributed by atoms with Crippen LogP contribution in [0.2, 0.25) is 0 Å². The molecule has 8 aromatic rings. The highest BCUT2D eigenvalue weighted by molar-refractivity contribution is 7.99. The second-order valence-electron chi connectivity index (χ2n) is 13.2. The van der Waals surface area contributed by atoms with Crippen molar-refractivity contribution >= 4 is 11.8 Å². The fourth-order valence-electron chi connectivity index (χ4n) is 8.13. The number of benzene rings is 7. The van der Waals surface area contributed by atoms with Gasteiger partial charge in [0.2, 0.25) is 0 Å². The second-order valence-corrected chi connectivity index (χ2v) is 14.3. The Hall–Kier alpha value is -6.54. The molecule has 0 saturated heterocycles. The minimum atomic E-state index is -0.589. The summed E-state index contributed by atoms with van der Waals surface area (Å²) < 4.78 is 0. The van der Waals surface area contributed by atoms with Crippen molar-refractivity contribution in [2.45, 2.75) is 15.2 Å². The number of hydrogen-bond donors (Lipinski definition) is 0. The SMILES string of the molecule is N#Cc1ccccc1-c1ccc2c(c1)C1(c3cc(-c4cc(-c5ccccc5)nc(-c5ccccc5)n4)ccc3S2)c2ccccc2-c2ccccc21. The molecule has 52 heavy (non-hydrogen) atoms. The highest BCUT2D eigenvalue weighted by Crippen LogP contribution is 2.62. The topological polar surface area (TPSA) is 49.6 Å². The standard InChI is InChI=1S/C48H29N3S/c49-30-35-17-7-8-18-36(35)33-23-25-45-41(27-33)48(39-21-11-9-19-37(39)38-20-10-12-22-40(38)48)42-28-34(24-26-46(42)52-45)44-29-43(31-13-3-1-4-14-31)50-47(51-44)32-15-5-2-6-16-32/h1-29H. The van der Waals surface area contributed by atoms with Crippen LogP contribution in [0.5, 0.6) is 0 Å².